The standard InChI is InChI=1S/C5H10O3.C4H6O3/c1-3-7-5(6)8-4-2;1-3(5)7-4(2)6/h3-4H2,1-2H3;1-2H3. The summed E-state index contributed by atoms with van der Waals surface area (Å²) in [6.07, 6.45) is -0.588. The zero-order valence-corrected chi connectivity index (χ0v) is 9.36. The highest BCUT2D eigenvalue weighted by Crippen LogP contribution is 1.81. The lowest BCUT2D eigenvalue weighted by molar-refractivity contribution is -0.156. The SMILES string of the molecule is CC(=O)OC(C)=O.CCOC(=O)OCC. The van der Waals surface area contributed by atoms with Crippen molar-refractivity contribution in [2.45, 2.75) is 27.7 Å². The van der Waals surface area contributed by atoms with Crippen molar-refractivity contribution in [2.24, 2.45) is 0 Å². The molecule has 0 heterocycles. The number of carbonyl (C=O) groups excluding carboxylic acids is 3. The Labute approximate surface area is 88.5 Å². The molecular weight excluding hydrogens is 204 g/mol. The van der Waals surface area contributed by atoms with Crippen LogP contribution in [0.5, 0.6) is 0 Å². The molecule has 0 saturated carbocycles. The predicted octanol–water partition coefficient (Wildman–Crippen LogP) is 1.28. The van der Waals surface area contributed by atoms with Crippen molar-refractivity contribution in [1.29, 1.82) is 0 Å². The van der Waals surface area contributed by atoms with E-state index in [4.69, 9.17) is 0 Å². The van der Waals surface area contributed by atoms with Gasteiger partial charge < -0.3 is 14.2 Å². The average Bonchev–Trinajstić information content (AvgIpc) is 2.03. The van der Waals surface area contributed by atoms with E-state index in [0.717, 1.165) is 0 Å². The van der Waals surface area contributed by atoms with E-state index in [0.29, 0.717) is 13.2 Å². The summed E-state index contributed by atoms with van der Waals surface area (Å²) in [7, 11) is 0. The van der Waals surface area contributed by atoms with Crippen molar-refractivity contribution < 1.29 is 28.6 Å². The molecule has 0 aliphatic rings. The highest BCUT2D eigenvalue weighted by Gasteiger charge is 1.96. The Morgan fingerprint density at radius 2 is 1.20 bits per heavy atom. The van der Waals surface area contributed by atoms with Gasteiger partial charge in [0.1, 0.15) is 0 Å². The van der Waals surface area contributed by atoms with E-state index < -0.39 is 18.1 Å². The largest absolute Gasteiger partial charge is 0.508 e. The molecule has 0 bridgehead atoms. The second-order valence-electron chi connectivity index (χ2n) is 2.20. The van der Waals surface area contributed by atoms with Crippen LogP contribution in [0.15, 0.2) is 0 Å². The monoisotopic (exact) mass is 220 g/mol. The minimum Gasteiger partial charge on any atom is -0.435 e. The van der Waals surface area contributed by atoms with Gasteiger partial charge in [-0.3, -0.25) is 9.59 Å². The highest BCUT2D eigenvalue weighted by atomic mass is 16.7. The van der Waals surface area contributed by atoms with Crippen molar-refractivity contribution in [3.63, 3.8) is 0 Å². The summed E-state index contributed by atoms with van der Waals surface area (Å²) < 4.78 is 12.8. The molecule has 0 fully saturated rings. The van der Waals surface area contributed by atoms with Crippen LogP contribution in [-0.2, 0) is 23.8 Å². The summed E-state index contributed by atoms with van der Waals surface area (Å²) >= 11 is 0. The Morgan fingerprint density at radius 1 is 0.867 bits per heavy atom. The molecule has 6 nitrogen and oxygen atoms in total. The van der Waals surface area contributed by atoms with Crippen molar-refractivity contribution in [2.75, 3.05) is 13.2 Å². The summed E-state index contributed by atoms with van der Waals surface area (Å²) in [6.45, 7) is 6.58. The summed E-state index contributed by atoms with van der Waals surface area (Å²) in [5, 5.41) is 0. The Balaban J connectivity index is 0. The Morgan fingerprint density at radius 3 is 1.33 bits per heavy atom. The van der Waals surface area contributed by atoms with Crippen LogP contribution in [0.25, 0.3) is 0 Å². The van der Waals surface area contributed by atoms with E-state index in [-0.39, 0.29) is 0 Å². The Kier molecular flexibility index (Phi) is 11.1. The van der Waals surface area contributed by atoms with Crippen LogP contribution in [0.3, 0.4) is 0 Å². The van der Waals surface area contributed by atoms with E-state index in [1.807, 2.05) is 0 Å². The molecule has 0 aliphatic carbocycles. The van der Waals surface area contributed by atoms with Gasteiger partial charge in [-0.2, -0.15) is 0 Å². The van der Waals surface area contributed by atoms with Crippen molar-refractivity contribution in [1.82, 2.24) is 0 Å². The maximum Gasteiger partial charge on any atom is 0.508 e. The molecule has 6 heteroatoms. The van der Waals surface area contributed by atoms with Crippen LogP contribution in [0.4, 0.5) is 4.79 Å². The lowest BCUT2D eigenvalue weighted by Gasteiger charge is -1.98. The first-order valence-electron chi connectivity index (χ1n) is 4.42. The third-order valence-electron chi connectivity index (χ3n) is 0.812. The maximum absolute atomic E-state index is 10.2. The summed E-state index contributed by atoms with van der Waals surface area (Å²) in [4.78, 5) is 29.8. The number of ether oxygens (including phenoxy) is 3. The van der Waals surface area contributed by atoms with Gasteiger partial charge in [-0.25, -0.2) is 4.79 Å². The van der Waals surface area contributed by atoms with E-state index in [2.05, 4.69) is 14.2 Å². The van der Waals surface area contributed by atoms with E-state index in [1.54, 1.807) is 13.8 Å². The minimum absolute atomic E-state index is 0.374. The van der Waals surface area contributed by atoms with Crippen molar-refractivity contribution in [3.05, 3.63) is 0 Å². The maximum atomic E-state index is 10.2. The minimum atomic E-state index is -0.588. The third-order valence-corrected chi connectivity index (χ3v) is 0.812. The quantitative estimate of drug-likeness (QED) is 0.515. The fourth-order valence-electron chi connectivity index (χ4n) is 0.480. The molecule has 0 atom stereocenters. The third kappa shape index (κ3) is 19.0. The average molecular weight is 220 g/mol. The Hall–Kier alpha value is -1.59. The summed E-state index contributed by atoms with van der Waals surface area (Å²) in [5.74, 6) is -1.12. The molecule has 0 saturated heterocycles. The topological polar surface area (TPSA) is 78.9 Å². The van der Waals surface area contributed by atoms with Gasteiger partial charge in [0.15, 0.2) is 0 Å². The molecule has 0 rings (SSSR count). The lowest BCUT2D eigenvalue weighted by atomic mass is 10.7. The molecule has 0 spiro atoms. The van der Waals surface area contributed by atoms with Gasteiger partial charge in [-0.1, -0.05) is 0 Å². The smallest absolute Gasteiger partial charge is 0.435 e. The zero-order valence-electron chi connectivity index (χ0n) is 9.36. The van der Waals surface area contributed by atoms with E-state index in [9.17, 15) is 14.4 Å². The van der Waals surface area contributed by atoms with E-state index in [1.165, 1.54) is 13.8 Å². The van der Waals surface area contributed by atoms with Gasteiger partial charge in [0.25, 0.3) is 0 Å². The molecule has 0 aromatic heterocycles. The molecule has 88 valence electrons. The molecule has 15 heavy (non-hydrogen) atoms. The zero-order chi connectivity index (χ0) is 12.3. The van der Waals surface area contributed by atoms with Crippen LogP contribution in [-0.4, -0.2) is 31.3 Å². The van der Waals surface area contributed by atoms with Gasteiger partial charge in [0.2, 0.25) is 0 Å². The Bertz CT molecular complexity index is 191. The van der Waals surface area contributed by atoms with Gasteiger partial charge in [-0.15, -0.1) is 0 Å². The van der Waals surface area contributed by atoms with Crippen molar-refractivity contribution >= 4 is 18.1 Å². The summed E-state index contributed by atoms with van der Waals surface area (Å²) in [5.41, 5.74) is 0. The van der Waals surface area contributed by atoms with Crippen LogP contribution in [0, 0.1) is 0 Å². The van der Waals surface area contributed by atoms with Gasteiger partial charge in [-0.05, 0) is 13.8 Å². The fourth-order valence-corrected chi connectivity index (χ4v) is 0.480. The van der Waals surface area contributed by atoms with Crippen LogP contribution >= 0.6 is 0 Å². The summed E-state index contributed by atoms with van der Waals surface area (Å²) in [6, 6.07) is 0. The van der Waals surface area contributed by atoms with Crippen LogP contribution in [0.1, 0.15) is 27.7 Å². The lowest BCUT2D eigenvalue weighted by Crippen LogP contribution is -2.05. The number of hydrogen-bond donors (Lipinski definition) is 0. The highest BCUT2D eigenvalue weighted by molar-refractivity contribution is 5.82. The molecule has 0 aromatic carbocycles. The number of hydrogen-bond acceptors (Lipinski definition) is 6. The second-order valence-corrected chi connectivity index (χ2v) is 2.20. The fraction of sp³-hybridized carbons (Fsp3) is 0.667. The second kappa shape index (κ2) is 10.5. The number of carbonyl (C=O) groups is 3. The normalized spacial score (nSPS) is 8.00. The van der Waals surface area contributed by atoms with Gasteiger partial charge >= 0.3 is 18.1 Å². The van der Waals surface area contributed by atoms with Crippen LogP contribution in [0.2, 0.25) is 0 Å². The molecule has 0 radical (unpaired) electrons. The molecule has 0 aromatic rings. The van der Waals surface area contributed by atoms with E-state index >= 15 is 0 Å². The molecule has 0 unspecified atom stereocenters. The number of esters is 2. The predicted molar refractivity (Wildman–Crippen MR) is 51.1 cm³/mol. The molecule has 0 amide bonds. The van der Waals surface area contributed by atoms with Crippen LogP contribution < -0.4 is 0 Å². The first-order chi connectivity index (χ1) is 6.93. The molecule has 0 aliphatic heterocycles. The first kappa shape index (κ1) is 15.9. The first-order valence-corrected chi connectivity index (χ1v) is 4.42. The van der Waals surface area contributed by atoms with Gasteiger partial charge in [0.05, 0.1) is 13.2 Å². The van der Waals surface area contributed by atoms with Crippen molar-refractivity contribution in [3.8, 4) is 0 Å². The van der Waals surface area contributed by atoms with Gasteiger partial charge in [0, 0.05) is 13.8 Å². The number of rotatable bonds is 2. The molecular formula is C9H16O6. The molecule has 0 N–H and O–H groups in total.